The predicted octanol–water partition coefficient (Wildman–Crippen LogP) is 2.12. The van der Waals surface area contributed by atoms with Crippen molar-refractivity contribution < 1.29 is 19.1 Å². The van der Waals surface area contributed by atoms with E-state index in [2.05, 4.69) is 5.32 Å². The Hall–Kier alpha value is -2.37. The van der Waals surface area contributed by atoms with Gasteiger partial charge in [-0.3, -0.25) is 19.8 Å². The van der Waals surface area contributed by atoms with Crippen LogP contribution in [0.5, 0.6) is 5.75 Å². The molecular formula is C17H22N2O4. The summed E-state index contributed by atoms with van der Waals surface area (Å²) in [6, 6.07) is 6.83. The van der Waals surface area contributed by atoms with Gasteiger partial charge in [-0.05, 0) is 37.0 Å². The first-order valence-corrected chi connectivity index (χ1v) is 7.78. The first kappa shape index (κ1) is 17.0. The monoisotopic (exact) mass is 318 g/mol. The van der Waals surface area contributed by atoms with Gasteiger partial charge in [-0.25, -0.2) is 4.79 Å². The van der Waals surface area contributed by atoms with Gasteiger partial charge in [0, 0.05) is 6.54 Å². The molecule has 0 aliphatic carbocycles. The number of imide groups is 2. The molecule has 124 valence electrons. The second kappa shape index (κ2) is 6.81. The molecule has 6 heteroatoms. The first-order valence-electron chi connectivity index (χ1n) is 7.78. The normalized spacial score (nSPS) is 17.2. The number of carbonyl (C=O) groups excluding carboxylic acids is 3. The number of methoxy groups -OCH3 is 1. The summed E-state index contributed by atoms with van der Waals surface area (Å²) < 4.78 is 5.17. The van der Waals surface area contributed by atoms with Crippen LogP contribution in [-0.4, -0.2) is 36.4 Å². The standard InChI is InChI=1S/C17H22N2O4/c1-4-17(5-2)14(20)18-16(22)19(15(17)21)10-9-12-7-6-8-13(11-12)23-3/h6-8,11H,4-5,9-10H2,1-3H3,(H,18,20,22). The minimum atomic E-state index is -1.14. The van der Waals surface area contributed by atoms with Crippen LogP contribution in [0, 0.1) is 5.41 Å². The number of hydrogen-bond acceptors (Lipinski definition) is 4. The van der Waals surface area contributed by atoms with Gasteiger partial charge in [0.1, 0.15) is 11.2 Å². The van der Waals surface area contributed by atoms with Gasteiger partial charge in [0.05, 0.1) is 7.11 Å². The van der Waals surface area contributed by atoms with Gasteiger partial charge in [0.15, 0.2) is 0 Å². The molecule has 1 fully saturated rings. The zero-order chi connectivity index (χ0) is 17.0. The van der Waals surface area contributed by atoms with E-state index >= 15 is 0 Å². The molecule has 0 unspecified atom stereocenters. The number of nitrogens with one attached hydrogen (secondary N) is 1. The minimum absolute atomic E-state index is 0.229. The van der Waals surface area contributed by atoms with E-state index in [0.717, 1.165) is 16.2 Å². The van der Waals surface area contributed by atoms with Crippen LogP contribution >= 0.6 is 0 Å². The van der Waals surface area contributed by atoms with Gasteiger partial charge in [-0.2, -0.15) is 0 Å². The van der Waals surface area contributed by atoms with E-state index in [1.54, 1.807) is 21.0 Å². The van der Waals surface area contributed by atoms with Crippen molar-refractivity contribution in [2.75, 3.05) is 13.7 Å². The maximum Gasteiger partial charge on any atom is 0.330 e. The average molecular weight is 318 g/mol. The lowest BCUT2D eigenvalue weighted by Gasteiger charge is -2.38. The van der Waals surface area contributed by atoms with E-state index in [9.17, 15) is 14.4 Å². The van der Waals surface area contributed by atoms with Gasteiger partial charge in [0.2, 0.25) is 11.8 Å². The highest BCUT2D eigenvalue weighted by Crippen LogP contribution is 2.32. The molecule has 1 saturated heterocycles. The number of benzene rings is 1. The van der Waals surface area contributed by atoms with Gasteiger partial charge in [-0.15, -0.1) is 0 Å². The fraction of sp³-hybridized carbons (Fsp3) is 0.471. The lowest BCUT2D eigenvalue weighted by molar-refractivity contribution is -0.152. The van der Waals surface area contributed by atoms with Gasteiger partial charge in [0.25, 0.3) is 0 Å². The van der Waals surface area contributed by atoms with Crippen LogP contribution in [0.4, 0.5) is 4.79 Å². The molecule has 1 heterocycles. The second-order valence-corrected chi connectivity index (χ2v) is 5.61. The first-order chi connectivity index (χ1) is 11.0. The zero-order valence-electron chi connectivity index (χ0n) is 13.7. The van der Waals surface area contributed by atoms with Gasteiger partial charge in [-0.1, -0.05) is 26.0 Å². The highest BCUT2D eigenvalue weighted by molar-refractivity contribution is 6.19. The summed E-state index contributed by atoms with van der Waals surface area (Å²) in [6.45, 7) is 3.81. The number of barbiturate groups is 1. The molecule has 2 rings (SSSR count). The highest BCUT2D eigenvalue weighted by atomic mass is 16.5. The molecule has 0 aromatic heterocycles. The van der Waals surface area contributed by atoms with Crippen LogP contribution < -0.4 is 10.1 Å². The summed E-state index contributed by atoms with van der Waals surface area (Å²) in [5, 5.41) is 2.31. The van der Waals surface area contributed by atoms with Crippen molar-refractivity contribution in [2.24, 2.45) is 5.41 Å². The van der Waals surface area contributed by atoms with Crippen LogP contribution in [0.2, 0.25) is 0 Å². The number of hydrogen-bond donors (Lipinski definition) is 1. The van der Waals surface area contributed by atoms with E-state index in [1.807, 2.05) is 24.3 Å². The van der Waals surface area contributed by atoms with Crippen LogP contribution in [-0.2, 0) is 16.0 Å². The van der Waals surface area contributed by atoms with Crippen molar-refractivity contribution in [1.82, 2.24) is 10.2 Å². The molecule has 1 aromatic carbocycles. The van der Waals surface area contributed by atoms with E-state index in [1.165, 1.54) is 0 Å². The number of nitrogens with zero attached hydrogens (tertiary/aromatic N) is 1. The number of carbonyl (C=O) groups is 3. The van der Waals surface area contributed by atoms with Crippen molar-refractivity contribution >= 4 is 17.8 Å². The molecule has 1 N–H and O–H groups in total. The molecule has 0 spiro atoms. The third-order valence-corrected chi connectivity index (χ3v) is 4.52. The number of urea groups is 1. The molecule has 23 heavy (non-hydrogen) atoms. The van der Waals surface area contributed by atoms with Gasteiger partial charge >= 0.3 is 6.03 Å². The molecule has 1 aromatic rings. The van der Waals surface area contributed by atoms with E-state index in [0.29, 0.717) is 19.3 Å². The number of amides is 4. The largest absolute Gasteiger partial charge is 0.497 e. The molecule has 6 nitrogen and oxygen atoms in total. The summed E-state index contributed by atoms with van der Waals surface area (Å²) in [4.78, 5) is 38.0. The Morgan fingerprint density at radius 2 is 1.87 bits per heavy atom. The number of rotatable bonds is 6. The Kier molecular flexibility index (Phi) is 5.03. The van der Waals surface area contributed by atoms with Crippen LogP contribution in [0.3, 0.4) is 0 Å². The lowest BCUT2D eigenvalue weighted by atomic mass is 9.78. The molecule has 4 amide bonds. The fourth-order valence-corrected chi connectivity index (χ4v) is 2.88. The summed E-state index contributed by atoms with van der Waals surface area (Å²) >= 11 is 0. The smallest absolute Gasteiger partial charge is 0.330 e. The molecule has 0 radical (unpaired) electrons. The Balaban J connectivity index is 2.16. The topological polar surface area (TPSA) is 75.7 Å². The summed E-state index contributed by atoms with van der Waals surface area (Å²) in [7, 11) is 1.59. The fourth-order valence-electron chi connectivity index (χ4n) is 2.88. The average Bonchev–Trinajstić information content (AvgIpc) is 2.56. The minimum Gasteiger partial charge on any atom is -0.497 e. The van der Waals surface area contributed by atoms with Crippen molar-refractivity contribution in [3.8, 4) is 5.75 Å². The molecule has 1 aliphatic rings. The van der Waals surface area contributed by atoms with Crippen LogP contribution in [0.15, 0.2) is 24.3 Å². The van der Waals surface area contributed by atoms with Crippen LogP contribution in [0.1, 0.15) is 32.3 Å². The maximum atomic E-state index is 12.7. The van der Waals surface area contributed by atoms with E-state index < -0.39 is 23.3 Å². The van der Waals surface area contributed by atoms with E-state index in [-0.39, 0.29) is 6.54 Å². The van der Waals surface area contributed by atoms with Crippen molar-refractivity contribution in [3.05, 3.63) is 29.8 Å². The molecule has 0 atom stereocenters. The molecular weight excluding hydrogens is 296 g/mol. The third kappa shape index (κ3) is 3.06. The SMILES string of the molecule is CCC1(CC)C(=O)NC(=O)N(CCc2cccc(OC)c2)C1=O. The van der Waals surface area contributed by atoms with Crippen molar-refractivity contribution in [2.45, 2.75) is 33.1 Å². The Morgan fingerprint density at radius 1 is 1.17 bits per heavy atom. The Labute approximate surface area is 135 Å². The summed E-state index contributed by atoms with van der Waals surface area (Å²) in [6.07, 6.45) is 1.25. The summed E-state index contributed by atoms with van der Waals surface area (Å²) in [5.74, 6) is -0.169. The van der Waals surface area contributed by atoms with E-state index in [4.69, 9.17) is 4.74 Å². The second-order valence-electron chi connectivity index (χ2n) is 5.61. The molecule has 0 saturated carbocycles. The zero-order valence-corrected chi connectivity index (χ0v) is 13.7. The highest BCUT2D eigenvalue weighted by Gasteiger charge is 2.51. The molecule has 0 bridgehead atoms. The third-order valence-electron chi connectivity index (χ3n) is 4.52. The number of ether oxygens (including phenoxy) is 1. The Bertz CT molecular complexity index is 623. The van der Waals surface area contributed by atoms with Crippen LogP contribution in [0.25, 0.3) is 0 Å². The Morgan fingerprint density at radius 3 is 2.48 bits per heavy atom. The predicted molar refractivity (Wildman–Crippen MR) is 85.0 cm³/mol. The summed E-state index contributed by atoms with van der Waals surface area (Å²) in [5.41, 5.74) is -0.178. The van der Waals surface area contributed by atoms with Gasteiger partial charge < -0.3 is 4.74 Å². The lowest BCUT2D eigenvalue weighted by Crippen LogP contribution is -2.63. The quantitative estimate of drug-likeness (QED) is 0.815. The van der Waals surface area contributed by atoms with Crippen molar-refractivity contribution in [3.63, 3.8) is 0 Å². The maximum absolute atomic E-state index is 12.7. The molecule has 1 aliphatic heterocycles. The van der Waals surface area contributed by atoms with Crippen molar-refractivity contribution in [1.29, 1.82) is 0 Å².